The molecular formula is C14H18BrN3O2. The Hall–Kier alpha value is -1.53. The summed E-state index contributed by atoms with van der Waals surface area (Å²) < 4.78 is 9.60. The third-order valence-electron chi connectivity index (χ3n) is 3.25. The molecule has 5 nitrogen and oxygen atoms in total. The van der Waals surface area contributed by atoms with Gasteiger partial charge in [0.2, 0.25) is 0 Å². The maximum absolute atomic E-state index is 12.4. The highest BCUT2D eigenvalue weighted by molar-refractivity contribution is 9.10. The second-order valence-corrected chi connectivity index (χ2v) is 5.47. The number of benzene rings is 1. The number of nitrogen functional groups attached to an aromatic ring is 1. The third-order valence-corrected chi connectivity index (χ3v) is 3.75. The Morgan fingerprint density at radius 3 is 2.65 bits per heavy atom. The number of rotatable bonds is 4. The van der Waals surface area contributed by atoms with E-state index in [9.17, 15) is 4.79 Å². The van der Waals surface area contributed by atoms with Crippen LogP contribution in [0.1, 0.15) is 18.2 Å². The van der Waals surface area contributed by atoms with Crippen molar-refractivity contribution in [2.24, 2.45) is 0 Å². The first-order valence-corrected chi connectivity index (χ1v) is 7.16. The quantitative estimate of drug-likeness (QED) is 0.930. The summed E-state index contributed by atoms with van der Waals surface area (Å²) in [7, 11) is 1.59. The molecular weight excluding hydrogens is 322 g/mol. The van der Waals surface area contributed by atoms with Gasteiger partial charge in [-0.05, 0) is 37.6 Å². The molecule has 0 saturated heterocycles. The number of hydrogen-bond acceptors (Lipinski definition) is 3. The lowest BCUT2D eigenvalue weighted by molar-refractivity contribution is 0.176. The zero-order valence-electron chi connectivity index (χ0n) is 11.8. The van der Waals surface area contributed by atoms with Gasteiger partial charge in [-0.3, -0.25) is 9.48 Å². The minimum absolute atomic E-state index is 0.204. The Labute approximate surface area is 126 Å². The van der Waals surface area contributed by atoms with Gasteiger partial charge in [0.1, 0.15) is 5.69 Å². The molecule has 2 rings (SSSR count). The van der Waals surface area contributed by atoms with Crippen molar-refractivity contribution in [3.63, 3.8) is 0 Å². The van der Waals surface area contributed by atoms with E-state index >= 15 is 0 Å². The average molecular weight is 340 g/mol. The first-order valence-electron chi connectivity index (χ1n) is 6.36. The standard InChI is InChI=1S/C14H18BrN3O2/c1-4-17-12(8-20-3)13(16)14(19)18(17)11-6-5-10(15)7-9(11)2/h5-7H,4,8,16H2,1-3H3. The van der Waals surface area contributed by atoms with Crippen LogP contribution in [0.25, 0.3) is 5.69 Å². The fourth-order valence-corrected chi connectivity index (χ4v) is 2.80. The van der Waals surface area contributed by atoms with E-state index in [-0.39, 0.29) is 11.2 Å². The molecule has 0 atom stereocenters. The number of halogens is 1. The van der Waals surface area contributed by atoms with Crippen LogP contribution in [0, 0.1) is 6.92 Å². The largest absolute Gasteiger partial charge is 0.393 e. The van der Waals surface area contributed by atoms with Gasteiger partial charge in [-0.2, -0.15) is 0 Å². The Kier molecular flexibility index (Phi) is 4.35. The number of aromatic nitrogens is 2. The number of ether oxygens (including phenoxy) is 1. The summed E-state index contributed by atoms with van der Waals surface area (Å²) in [5.74, 6) is 0. The number of anilines is 1. The molecule has 1 aromatic carbocycles. The van der Waals surface area contributed by atoms with Crippen molar-refractivity contribution in [1.82, 2.24) is 9.36 Å². The van der Waals surface area contributed by atoms with Gasteiger partial charge >= 0.3 is 0 Å². The zero-order valence-corrected chi connectivity index (χ0v) is 13.4. The molecule has 108 valence electrons. The topological polar surface area (TPSA) is 62.2 Å². The summed E-state index contributed by atoms with van der Waals surface area (Å²) in [5.41, 5.74) is 8.52. The molecule has 20 heavy (non-hydrogen) atoms. The highest BCUT2D eigenvalue weighted by Gasteiger charge is 2.18. The van der Waals surface area contributed by atoms with Crippen molar-refractivity contribution >= 4 is 21.6 Å². The number of nitrogens with zero attached hydrogens (tertiary/aromatic N) is 2. The van der Waals surface area contributed by atoms with E-state index in [1.165, 1.54) is 0 Å². The lowest BCUT2D eigenvalue weighted by Gasteiger charge is -2.14. The summed E-state index contributed by atoms with van der Waals surface area (Å²) in [6, 6.07) is 5.79. The maximum Gasteiger partial charge on any atom is 0.294 e. The molecule has 6 heteroatoms. The smallest absolute Gasteiger partial charge is 0.294 e. The molecule has 0 bridgehead atoms. The fourth-order valence-electron chi connectivity index (χ4n) is 2.32. The van der Waals surface area contributed by atoms with Gasteiger partial charge in [-0.1, -0.05) is 15.9 Å². The molecule has 0 aliphatic carbocycles. The van der Waals surface area contributed by atoms with Crippen molar-refractivity contribution in [2.75, 3.05) is 12.8 Å². The molecule has 1 heterocycles. The van der Waals surface area contributed by atoms with Crippen molar-refractivity contribution in [1.29, 1.82) is 0 Å². The normalized spacial score (nSPS) is 11.0. The molecule has 2 aromatic rings. The van der Waals surface area contributed by atoms with Crippen molar-refractivity contribution in [2.45, 2.75) is 27.0 Å². The summed E-state index contributed by atoms with van der Waals surface area (Å²) in [5, 5.41) is 0. The SMILES string of the molecule is CCn1c(COC)c(N)c(=O)n1-c1ccc(Br)cc1C. The van der Waals surface area contributed by atoms with Gasteiger partial charge in [-0.15, -0.1) is 0 Å². The van der Waals surface area contributed by atoms with Gasteiger partial charge in [-0.25, -0.2) is 4.68 Å². The monoisotopic (exact) mass is 339 g/mol. The zero-order chi connectivity index (χ0) is 14.9. The minimum atomic E-state index is -0.204. The lowest BCUT2D eigenvalue weighted by atomic mass is 10.2. The summed E-state index contributed by atoms with van der Waals surface area (Å²) in [6.45, 7) is 4.90. The molecule has 0 radical (unpaired) electrons. The van der Waals surface area contributed by atoms with E-state index in [1.807, 2.05) is 36.7 Å². The van der Waals surface area contributed by atoms with E-state index in [0.29, 0.717) is 18.8 Å². The van der Waals surface area contributed by atoms with Gasteiger partial charge in [0.25, 0.3) is 5.56 Å². The molecule has 0 saturated carbocycles. The van der Waals surface area contributed by atoms with E-state index in [0.717, 1.165) is 15.7 Å². The first-order chi connectivity index (χ1) is 9.51. The van der Waals surface area contributed by atoms with Gasteiger partial charge in [0, 0.05) is 18.1 Å². The van der Waals surface area contributed by atoms with Crippen LogP contribution in [0.5, 0.6) is 0 Å². The minimum Gasteiger partial charge on any atom is -0.393 e. The van der Waals surface area contributed by atoms with E-state index in [1.54, 1.807) is 11.8 Å². The molecule has 2 N–H and O–H groups in total. The Morgan fingerprint density at radius 2 is 2.10 bits per heavy atom. The average Bonchev–Trinajstić information content (AvgIpc) is 2.64. The van der Waals surface area contributed by atoms with Gasteiger partial charge in [0.05, 0.1) is 18.0 Å². The number of aryl methyl sites for hydroxylation is 1. The van der Waals surface area contributed by atoms with Crippen molar-refractivity contribution in [3.8, 4) is 5.69 Å². The highest BCUT2D eigenvalue weighted by atomic mass is 79.9. The molecule has 0 aliphatic heterocycles. The van der Waals surface area contributed by atoms with Crippen LogP contribution < -0.4 is 11.3 Å². The predicted molar refractivity (Wildman–Crippen MR) is 83.3 cm³/mol. The molecule has 0 unspecified atom stereocenters. The number of methoxy groups -OCH3 is 1. The Balaban J connectivity index is 2.73. The molecule has 0 spiro atoms. The molecule has 0 amide bonds. The van der Waals surface area contributed by atoms with Gasteiger partial charge < -0.3 is 10.5 Å². The van der Waals surface area contributed by atoms with Crippen LogP contribution in [0.15, 0.2) is 27.5 Å². The summed E-state index contributed by atoms with van der Waals surface area (Å²) in [4.78, 5) is 12.4. The fraction of sp³-hybridized carbons (Fsp3) is 0.357. The van der Waals surface area contributed by atoms with Crippen molar-refractivity contribution in [3.05, 3.63) is 44.3 Å². The van der Waals surface area contributed by atoms with Crippen LogP contribution in [-0.2, 0) is 17.9 Å². The second-order valence-electron chi connectivity index (χ2n) is 4.56. The summed E-state index contributed by atoms with van der Waals surface area (Å²) in [6.07, 6.45) is 0. The Morgan fingerprint density at radius 1 is 1.40 bits per heavy atom. The highest BCUT2D eigenvalue weighted by Crippen LogP contribution is 2.21. The number of nitrogens with two attached hydrogens (primary N) is 1. The number of hydrogen-bond donors (Lipinski definition) is 1. The second kappa shape index (κ2) is 5.85. The maximum atomic E-state index is 12.4. The van der Waals surface area contributed by atoms with Crippen LogP contribution in [0.4, 0.5) is 5.69 Å². The van der Waals surface area contributed by atoms with E-state index in [4.69, 9.17) is 10.5 Å². The molecule has 1 aromatic heterocycles. The van der Waals surface area contributed by atoms with E-state index < -0.39 is 0 Å². The van der Waals surface area contributed by atoms with Crippen molar-refractivity contribution < 1.29 is 4.74 Å². The summed E-state index contributed by atoms with van der Waals surface area (Å²) >= 11 is 3.43. The lowest BCUT2D eigenvalue weighted by Crippen LogP contribution is -2.23. The van der Waals surface area contributed by atoms with Crippen LogP contribution >= 0.6 is 15.9 Å². The van der Waals surface area contributed by atoms with E-state index in [2.05, 4.69) is 15.9 Å². The molecule has 0 fully saturated rings. The predicted octanol–water partition coefficient (Wildman–Crippen LogP) is 2.46. The van der Waals surface area contributed by atoms with Crippen LogP contribution in [-0.4, -0.2) is 16.5 Å². The molecule has 0 aliphatic rings. The van der Waals surface area contributed by atoms with Gasteiger partial charge in [0.15, 0.2) is 0 Å². The van der Waals surface area contributed by atoms with Crippen LogP contribution in [0.2, 0.25) is 0 Å². The first kappa shape index (κ1) is 14.9. The van der Waals surface area contributed by atoms with Crippen LogP contribution in [0.3, 0.4) is 0 Å². The third kappa shape index (κ3) is 2.41. The Bertz CT molecular complexity index is 688.